The van der Waals surface area contributed by atoms with E-state index in [1.807, 2.05) is 6.92 Å². The Bertz CT molecular complexity index is 854. The SMILES string of the molecule is CCOC(=O)c1c(NC(=O)c2nc(SCC)ncc2Cl)sc2c1CCC2. The van der Waals surface area contributed by atoms with Gasteiger partial charge >= 0.3 is 5.97 Å². The summed E-state index contributed by atoms with van der Waals surface area (Å²) in [5.74, 6) is -0.0769. The first-order chi connectivity index (χ1) is 12.5. The van der Waals surface area contributed by atoms with Crippen LogP contribution in [-0.4, -0.2) is 34.2 Å². The molecular formula is C17H18ClN3O3S2. The molecule has 0 atom stereocenters. The van der Waals surface area contributed by atoms with Gasteiger partial charge in [-0.05, 0) is 37.5 Å². The van der Waals surface area contributed by atoms with Crippen LogP contribution < -0.4 is 5.32 Å². The first-order valence-electron chi connectivity index (χ1n) is 8.33. The van der Waals surface area contributed by atoms with Crippen molar-refractivity contribution >= 4 is 51.6 Å². The smallest absolute Gasteiger partial charge is 0.341 e. The maximum Gasteiger partial charge on any atom is 0.341 e. The summed E-state index contributed by atoms with van der Waals surface area (Å²) in [7, 11) is 0. The Morgan fingerprint density at radius 2 is 2.19 bits per heavy atom. The van der Waals surface area contributed by atoms with Crippen molar-refractivity contribution in [1.29, 1.82) is 0 Å². The van der Waals surface area contributed by atoms with Gasteiger partial charge in [-0.25, -0.2) is 14.8 Å². The van der Waals surface area contributed by atoms with E-state index in [0.29, 0.717) is 15.7 Å². The number of halogens is 1. The lowest BCUT2D eigenvalue weighted by molar-refractivity contribution is 0.0527. The van der Waals surface area contributed by atoms with Crippen LogP contribution in [0.2, 0.25) is 5.02 Å². The molecule has 0 bridgehead atoms. The number of aryl methyl sites for hydroxylation is 1. The van der Waals surface area contributed by atoms with Crippen LogP contribution in [0.25, 0.3) is 0 Å². The van der Waals surface area contributed by atoms with Crippen molar-refractivity contribution < 1.29 is 14.3 Å². The number of rotatable bonds is 6. The fourth-order valence-corrected chi connectivity index (χ4v) is 4.77. The molecule has 3 rings (SSSR count). The number of thiophene rings is 1. The van der Waals surface area contributed by atoms with Gasteiger partial charge in [-0.2, -0.15) is 0 Å². The van der Waals surface area contributed by atoms with Gasteiger partial charge in [0.1, 0.15) is 5.00 Å². The van der Waals surface area contributed by atoms with E-state index in [0.717, 1.165) is 35.5 Å². The number of carbonyl (C=O) groups excluding carboxylic acids is 2. The van der Waals surface area contributed by atoms with E-state index in [1.165, 1.54) is 29.3 Å². The average molecular weight is 412 g/mol. The van der Waals surface area contributed by atoms with E-state index in [-0.39, 0.29) is 17.3 Å². The van der Waals surface area contributed by atoms with E-state index >= 15 is 0 Å². The van der Waals surface area contributed by atoms with Gasteiger partial charge < -0.3 is 10.1 Å². The predicted molar refractivity (Wildman–Crippen MR) is 104 cm³/mol. The summed E-state index contributed by atoms with van der Waals surface area (Å²) in [5, 5.41) is 3.96. The number of thioether (sulfide) groups is 1. The molecule has 26 heavy (non-hydrogen) atoms. The maximum absolute atomic E-state index is 12.7. The van der Waals surface area contributed by atoms with Crippen LogP contribution in [0.5, 0.6) is 0 Å². The fraction of sp³-hybridized carbons (Fsp3) is 0.412. The van der Waals surface area contributed by atoms with Gasteiger partial charge in [-0.15, -0.1) is 11.3 Å². The number of carbonyl (C=O) groups is 2. The van der Waals surface area contributed by atoms with Crippen molar-refractivity contribution in [2.45, 2.75) is 38.3 Å². The molecule has 0 radical (unpaired) electrons. The molecule has 2 heterocycles. The highest BCUT2D eigenvalue weighted by Gasteiger charge is 2.29. The van der Waals surface area contributed by atoms with Crippen molar-refractivity contribution in [2.24, 2.45) is 0 Å². The zero-order valence-electron chi connectivity index (χ0n) is 14.4. The molecule has 1 amide bonds. The molecule has 0 spiro atoms. The quantitative estimate of drug-likeness (QED) is 0.435. The van der Waals surface area contributed by atoms with Crippen LogP contribution in [0, 0.1) is 0 Å². The standard InChI is InChI=1S/C17H18ClN3O3S2/c1-3-24-16(23)12-9-6-5-7-11(9)26-15(12)21-14(22)13-10(18)8-19-17(20-13)25-4-2/h8H,3-7H2,1-2H3,(H,21,22). The third-order valence-corrected chi connectivity index (χ3v) is 6.07. The van der Waals surface area contributed by atoms with Gasteiger partial charge in [0.15, 0.2) is 10.9 Å². The van der Waals surface area contributed by atoms with Crippen LogP contribution >= 0.6 is 34.7 Å². The number of ether oxygens (including phenoxy) is 1. The minimum atomic E-state index is -0.458. The molecule has 2 aromatic rings. The van der Waals surface area contributed by atoms with Crippen LogP contribution in [0.1, 0.15) is 51.6 Å². The maximum atomic E-state index is 12.7. The molecule has 0 fully saturated rings. The van der Waals surface area contributed by atoms with Crippen molar-refractivity contribution in [3.05, 3.63) is 32.9 Å². The van der Waals surface area contributed by atoms with Crippen LogP contribution in [0.3, 0.4) is 0 Å². The monoisotopic (exact) mass is 411 g/mol. The lowest BCUT2D eigenvalue weighted by Crippen LogP contribution is -2.17. The number of fused-ring (bicyclic) bond motifs is 1. The molecule has 0 saturated heterocycles. The first-order valence-corrected chi connectivity index (χ1v) is 10.5. The Morgan fingerprint density at radius 1 is 1.38 bits per heavy atom. The second-order valence-electron chi connectivity index (χ2n) is 5.52. The Morgan fingerprint density at radius 3 is 2.92 bits per heavy atom. The highest BCUT2D eigenvalue weighted by molar-refractivity contribution is 7.99. The molecule has 2 aromatic heterocycles. The molecule has 1 aliphatic rings. The largest absolute Gasteiger partial charge is 0.462 e. The van der Waals surface area contributed by atoms with Gasteiger partial charge in [0.25, 0.3) is 5.91 Å². The molecule has 0 unspecified atom stereocenters. The Hall–Kier alpha value is -1.64. The third kappa shape index (κ3) is 3.87. The molecule has 138 valence electrons. The van der Waals surface area contributed by atoms with Crippen molar-refractivity contribution in [2.75, 3.05) is 17.7 Å². The van der Waals surface area contributed by atoms with E-state index in [4.69, 9.17) is 16.3 Å². The number of anilines is 1. The summed E-state index contributed by atoms with van der Waals surface area (Å²) in [5.41, 5.74) is 1.55. The van der Waals surface area contributed by atoms with Crippen molar-refractivity contribution in [1.82, 2.24) is 9.97 Å². The first kappa shape index (κ1) is 19.1. The summed E-state index contributed by atoms with van der Waals surface area (Å²) in [6.45, 7) is 4.02. The lowest BCUT2D eigenvalue weighted by Gasteiger charge is -2.09. The summed E-state index contributed by atoms with van der Waals surface area (Å²) in [6.07, 6.45) is 4.16. The summed E-state index contributed by atoms with van der Waals surface area (Å²) < 4.78 is 5.18. The van der Waals surface area contributed by atoms with Crippen LogP contribution in [0.4, 0.5) is 5.00 Å². The molecule has 9 heteroatoms. The Balaban J connectivity index is 1.91. The van der Waals surface area contributed by atoms with Gasteiger partial charge in [0.05, 0.1) is 23.4 Å². The van der Waals surface area contributed by atoms with E-state index < -0.39 is 11.9 Å². The minimum Gasteiger partial charge on any atom is -0.462 e. The Labute approximate surface area is 164 Å². The van der Waals surface area contributed by atoms with Gasteiger partial charge in [0.2, 0.25) is 0 Å². The minimum absolute atomic E-state index is 0.0981. The Kier molecular flexibility index (Phi) is 6.16. The lowest BCUT2D eigenvalue weighted by atomic mass is 10.1. The van der Waals surface area contributed by atoms with Crippen molar-refractivity contribution in [3.63, 3.8) is 0 Å². The summed E-state index contributed by atoms with van der Waals surface area (Å²) in [4.78, 5) is 34.5. The van der Waals surface area contributed by atoms with Gasteiger partial charge in [-0.1, -0.05) is 30.3 Å². The molecular weight excluding hydrogens is 394 g/mol. The number of esters is 1. The summed E-state index contributed by atoms with van der Waals surface area (Å²) in [6, 6.07) is 0. The molecule has 6 nitrogen and oxygen atoms in total. The van der Waals surface area contributed by atoms with E-state index in [1.54, 1.807) is 6.92 Å². The van der Waals surface area contributed by atoms with Crippen molar-refractivity contribution in [3.8, 4) is 0 Å². The molecule has 0 aliphatic heterocycles. The number of aromatic nitrogens is 2. The molecule has 0 aromatic carbocycles. The number of nitrogens with one attached hydrogen (secondary N) is 1. The molecule has 1 N–H and O–H groups in total. The second-order valence-corrected chi connectivity index (χ2v) is 8.26. The van der Waals surface area contributed by atoms with E-state index in [9.17, 15) is 9.59 Å². The normalized spacial score (nSPS) is 12.7. The number of hydrogen-bond donors (Lipinski definition) is 1. The number of nitrogens with zero attached hydrogens (tertiary/aromatic N) is 2. The fourth-order valence-electron chi connectivity index (χ4n) is 2.78. The van der Waals surface area contributed by atoms with Gasteiger partial charge in [-0.3, -0.25) is 4.79 Å². The van der Waals surface area contributed by atoms with Crippen LogP contribution in [0.15, 0.2) is 11.4 Å². The predicted octanol–water partition coefficient (Wildman–Crippen LogP) is 4.22. The second kappa shape index (κ2) is 8.37. The average Bonchev–Trinajstić information content (AvgIpc) is 3.17. The highest BCUT2D eigenvalue weighted by atomic mass is 35.5. The van der Waals surface area contributed by atoms with Gasteiger partial charge in [0, 0.05) is 4.88 Å². The number of hydrogen-bond acceptors (Lipinski definition) is 7. The van der Waals surface area contributed by atoms with E-state index in [2.05, 4.69) is 15.3 Å². The third-order valence-electron chi connectivity index (χ3n) is 3.84. The number of amides is 1. The zero-order chi connectivity index (χ0) is 18.7. The van der Waals surface area contributed by atoms with Crippen LogP contribution in [-0.2, 0) is 17.6 Å². The molecule has 1 aliphatic carbocycles. The zero-order valence-corrected chi connectivity index (χ0v) is 16.8. The highest BCUT2D eigenvalue weighted by Crippen LogP contribution is 2.39. The topological polar surface area (TPSA) is 81.2 Å². The summed E-state index contributed by atoms with van der Waals surface area (Å²) >= 11 is 8.95. The molecule has 0 saturated carbocycles.